The molecule has 0 aliphatic carbocycles. The lowest BCUT2D eigenvalue weighted by Crippen LogP contribution is -2.42. The van der Waals surface area contributed by atoms with E-state index in [1.165, 1.54) is 38.5 Å². The van der Waals surface area contributed by atoms with Crippen LogP contribution < -0.4 is 5.32 Å². The lowest BCUT2D eigenvalue weighted by Gasteiger charge is -2.27. The van der Waals surface area contributed by atoms with Crippen molar-refractivity contribution >= 4 is 0 Å². The molecule has 0 spiro atoms. The van der Waals surface area contributed by atoms with Crippen LogP contribution in [0.4, 0.5) is 0 Å². The molecule has 0 aromatic carbocycles. The molecule has 0 aliphatic rings. The summed E-state index contributed by atoms with van der Waals surface area (Å²) in [5, 5.41) is 13.6. The monoisotopic (exact) mass is 243 g/mol. The highest BCUT2D eigenvalue weighted by Crippen LogP contribution is 2.14. The van der Waals surface area contributed by atoms with Crippen molar-refractivity contribution in [3.05, 3.63) is 0 Å². The largest absolute Gasteiger partial charge is 0.389 e. The third-order valence-electron chi connectivity index (χ3n) is 3.84. The maximum atomic E-state index is 10.2. The Hall–Kier alpha value is -0.0800. The second-order valence-electron chi connectivity index (χ2n) is 5.42. The SMILES string of the molecule is CCCCCCCC(C)NCC(O)(CC)CC. The summed E-state index contributed by atoms with van der Waals surface area (Å²) >= 11 is 0. The molecule has 2 heteroatoms. The van der Waals surface area contributed by atoms with Crippen LogP contribution in [0.1, 0.15) is 79.1 Å². The van der Waals surface area contributed by atoms with Gasteiger partial charge < -0.3 is 10.4 Å². The summed E-state index contributed by atoms with van der Waals surface area (Å²) in [6, 6.07) is 0.529. The summed E-state index contributed by atoms with van der Waals surface area (Å²) in [4.78, 5) is 0. The van der Waals surface area contributed by atoms with Crippen LogP contribution in [0.2, 0.25) is 0 Å². The van der Waals surface area contributed by atoms with E-state index in [0.717, 1.165) is 19.4 Å². The van der Waals surface area contributed by atoms with E-state index in [1.54, 1.807) is 0 Å². The first-order valence-corrected chi connectivity index (χ1v) is 7.53. The van der Waals surface area contributed by atoms with Crippen LogP contribution in [0.25, 0.3) is 0 Å². The highest BCUT2D eigenvalue weighted by Gasteiger charge is 2.22. The third-order valence-corrected chi connectivity index (χ3v) is 3.84. The molecule has 104 valence electrons. The zero-order chi connectivity index (χ0) is 13.1. The molecule has 0 aromatic heterocycles. The summed E-state index contributed by atoms with van der Waals surface area (Å²) in [5.74, 6) is 0. The number of nitrogens with one attached hydrogen (secondary N) is 1. The summed E-state index contributed by atoms with van der Waals surface area (Å²) in [6.45, 7) is 9.32. The molecule has 0 rings (SSSR count). The lowest BCUT2D eigenvalue weighted by atomic mass is 9.97. The zero-order valence-corrected chi connectivity index (χ0v) is 12.4. The maximum Gasteiger partial charge on any atom is 0.0766 e. The molecule has 2 N–H and O–H groups in total. The number of aliphatic hydroxyl groups is 1. The first-order valence-electron chi connectivity index (χ1n) is 7.53. The van der Waals surface area contributed by atoms with E-state index in [1.807, 2.05) is 0 Å². The molecule has 1 unspecified atom stereocenters. The van der Waals surface area contributed by atoms with Crippen LogP contribution in [0.15, 0.2) is 0 Å². The molecule has 0 heterocycles. The summed E-state index contributed by atoms with van der Waals surface area (Å²) < 4.78 is 0. The van der Waals surface area contributed by atoms with Gasteiger partial charge in [0.25, 0.3) is 0 Å². The normalized spacial score (nSPS) is 13.9. The minimum atomic E-state index is -0.504. The summed E-state index contributed by atoms with van der Waals surface area (Å²) in [7, 11) is 0. The number of hydrogen-bond acceptors (Lipinski definition) is 2. The van der Waals surface area contributed by atoms with E-state index in [-0.39, 0.29) is 0 Å². The second kappa shape index (κ2) is 9.90. The lowest BCUT2D eigenvalue weighted by molar-refractivity contribution is 0.0300. The van der Waals surface area contributed by atoms with Gasteiger partial charge in [-0.05, 0) is 26.2 Å². The third kappa shape index (κ3) is 8.62. The molecular formula is C15H33NO. The minimum Gasteiger partial charge on any atom is -0.389 e. The van der Waals surface area contributed by atoms with Gasteiger partial charge in [0.15, 0.2) is 0 Å². The number of rotatable bonds is 11. The predicted molar refractivity (Wildman–Crippen MR) is 76.4 cm³/mol. The quantitative estimate of drug-likeness (QED) is 0.540. The van der Waals surface area contributed by atoms with Gasteiger partial charge >= 0.3 is 0 Å². The predicted octanol–water partition coefficient (Wildman–Crippen LogP) is 3.88. The van der Waals surface area contributed by atoms with E-state index < -0.39 is 5.60 Å². The van der Waals surface area contributed by atoms with Crippen LogP contribution in [0.5, 0.6) is 0 Å². The molecule has 0 radical (unpaired) electrons. The van der Waals surface area contributed by atoms with Crippen molar-refractivity contribution in [3.63, 3.8) is 0 Å². The highest BCUT2D eigenvalue weighted by molar-refractivity contribution is 4.79. The van der Waals surface area contributed by atoms with Crippen LogP contribution in [0.3, 0.4) is 0 Å². The number of unbranched alkanes of at least 4 members (excludes halogenated alkanes) is 4. The molecule has 17 heavy (non-hydrogen) atoms. The van der Waals surface area contributed by atoms with Crippen LogP contribution in [-0.2, 0) is 0 Å². The Morgan fingerprint density at radius 2 is 1.59 bits per heavy atom. The van der Waals surface area contributed by atoms with Crippen molar-refractivity contribution in [1.29, 1.82) is 0 Å². The second-order valence-corrected chi connectivity index (χ2v) is 5.42. The molecule has 0 aromatic rings. The fraction of sp³-hybridized carbons (Fsp3) is 1.00. The molecule has 1 atom stereocenters. The molecular weight excluding hydrogens is 210 g/mol. The smallest absolute Gasteiger partial charge is 0.0766 e. The van der Waals surface area contributed by atoms with Crippen molar-refractivity contribution in [2.75, 3.05) is 6.54 Å². The van der Waals surface area contributed by atoms with Crippen molar-refractivity contribution in [2.45, 2.75) is 90.7 Å². The van der Waals surface area contributed by atoms with Crippen LogP contribution in [0, 0.1) is 0 Å². The molecule has 0 fully saturated rings. The van der Waals surface area contributed by atoms with Gasteiger partial charge in [-0.3, -0.25) is 0 Å². The molecule has 0 amide bonds. The van der Waals surface area contributed by atoms with Crippen LogP contribution in [-0.4, -0.2) is 23.3 Å². The molecule has 0 aliphatic heterocycles. The minimum absolute atomic E-state index is 0.504. The Bertz CT molecular complexity index is 166. The van der Waals surface area contributed by atoms with Gasteiger partial charge in [0.05, 0.1) is 5.60 Å². The topological polar surface area (TPSA) is 32.3 Å². The maximum absolute atomic E-state index is 10.2. The van der Waals surface area contributed by atoms with Crippen molar-refractivity contribution in [2.24, 2.45) is 0 Å². The molecule has 0 bridgehead atoms. The summed E-state index contributed by atoms with van der Waals surface area (Å²) in [6.07, 6.45) is 9.61. The van der Waals surface area contributed by atoms with E-state index >= 15 is 0 Å². The van der Waals surface area contributed by atoms with Gasteiger partial charge in [-0.1, -0.05) is 52.9 Å². The Balaban J connectivity index is 3.55. The average molecular weight is 243 g/mol. The fourth-order valence-corrected chi connectivity index (χ4v) is 2.02. The zero-order valence-electron chi connectivity index (χ0n) is 12.4. The first-order chi connectivity index (χ1) is 8.08. The Labute approximate surface area is 108 Å². The van der Waals surface area contributed by atoms with Gasteiger partial charge in [-0.25, -0.2) is 0 Å². The van der Waals surface area contributed by atoms with Gasteiger partial charge in [-0.15, -0.1) is 0 Å². The number of hydrogen-bond donors (Lipinski definition) is 2. The Morgan fingerprint density at radius 1 is 1.00 bits per heavy atom. The highest BCUT2D eigenvalue weighted by atomic mass is 16.3. The van der Waals surface area contributed by atoms with Crippen molar-refractivity contribution in [1.82, 2.24) is 5.32 Å². The average Bonchev–Trinajstić information content (AvgIpc) is 2.35. The standard InChI is InChI=1S/C15H33NO/c1-5-8-9-10-11-12-14(4)16-13-15(17,6-2)7-3/h14,16-17H,5-13H2,1-4H3. The van der Waals surface area contributed by atoms with Crippen molar-refractivity contribution < 1.29 is 5.11 Å². The van der Waals surface area contributed by atoms with Crippen LogP contribution >= 0.6 is 0 Å². The molecule has 0 saturated carbocycles. The van der Waals surface area contributed by atoms with Gasteiger partial charge in [0.1, 0.15) is 0 Å². The van der Waals surface area contributed by atoms with E-state index in [2.05, 4.69) is 33.0 Å². The molecule has 2 nitrogen and oxygen atoms in total. The Morgan fingerprint density at radius 3 is 2.12 bits per heavy atom. The van der Waals surface area contributed by atoms with Crippen molar-refractivity contribution in [3.8, 4) is 0 Å². The first kappa shape index (κ1) is 16.9. The van der Waals surface area contributed by atoms with E-state index in [9.17, 15) is 5.11 Å². The summed E-state index contributed by atoms with van der Waals surface area (Å²) in [5.41, 5.74) is -0.504. The molecule has 0 saturated heterocycles. The van der Waals surface area contributed by atoms with Gasteiger partial charge in [-0.2, -0.15) is 0 Å². The Kier molecular flexibility index (Phi) is 9.85. The van der Waals surface area contributed by atoms with Gasteiger partial charge in [0, 0.05) is 12.6 Å². The van der Waals surface area contributed by atoms with Gasteiger partial charge in [0.2, 0.25) is 0 Å². The van der Waals surface area contributed by atoms with E-state index in [0.29, 0.717) is 6.04 Å². The fourth-order valence-electron chi connectivity index (χ4n) is 2.02. The van der Waals surface area contributed by atoms with E-state index in [4.69, 9.17) is 0 Å².